The maximum absolute atomic E-state index is 13.9. The molecule has 1 saturated carbocycles. The van der Waals surface area contributed by atoms with Crippen molar-refractivity contribution in [2.45, 2.75) is 43.9 Å². The van der Waals surface area contributed by atoms with Crippen LogP contribution in [-0.2, 0) is 14.3 Å². The number of cyclic esters (lactones) is 1. The fourth-order valence-electron chi connectivity index (χ4n) is 3.99. The molecule has 0 saturated heterocycles. The molecule has 3 aliphatic rings. The number of ether oxygens (including phenoxy) is 2. The van der Waals surface area contributed by atoms with Crippen LogP contribution >= 0.6 is 0 Å². The first kappa shape index (κ1) is 20.7. The summed E-state index contributed by atoms with van der Waals surface area (Å²) in [7, 11) is 0. The van der Waals surface area contributed by atoms with Gasteiger partial charge in [0.2, 0.25) is 6.04 Å². The highest BCUT2D eigenvalue weighted by molar-refractivity contribution is 6.02. The zero-order chi connectivity index (χ0) is 22.3. The normalized spacial score (nSPS) is 25.6. The number of hydrogen-bond acceptors (Lipinski definition) is 7. The number of nitrogens with zero attached hydrogens (tertiary/aromatic N) is 2. The van der Waals surface area contributed by atoms with E-state index >= 15 is 0 Å². The molecular weight excluding hydrogens is 420 g/mol. The lowest BCUT2D eigenvalue weighted by Crippen LogP contribution is -2.51. The number of benzene rings is 1. The van der Waals surface area contributed by atoms with Crippen molar-refractivity contribution in [3.63, 3.8) is 0 Å². The summed E-state index contributed by atoms with van der Waals surface area (Å²) in [6.07, 6.45) is -0.871. The predicted molar refractivity (Wildman–Crippen MR) is 97.0 cm³/mol. The molecule has 2 aliphatic heterocycles. The Kier molecular flexibility index (Phi) is 5.29. The van der Waals surface area contributed by atoms with Gasteiger partial charge < -0.3 is 14.8 Å². The molecule has 1 atom stereocenters. The highest BCUT2D eigenvalue weighted by Crippen LogP contribution is 2.38. The molecule has 0 spiro atoms. The Morgan fingerprint density at radius 2 is 1.90 bits per heavy atom. The van der Waals surface area contributed by atoms with E-state index in [9.17, 15) is 33.3 Å². The van der Waals surface area contributed by atoms with Gasteiger partial charge >= 0.3 is 18.1 Å². The van der Waals surface area contributed by atoms with Crippen LogP contribution < -0.4 is 5.32 Å². The zero-order valence-electron chi connectivity index (χ0n) is 16.0. The van der Waals surface area contributed by atoms with Gasteiger partial charge in [-0.3, -0.25) is 10.1 Å². The maximum Gasteiger partial charge on any atom is 0.419 e. The topological polar surface area (TPSA) is 128 Å². The van der Waals surface area contributed by atoms with Crippen molar-refractivity contribution in [1.29, 1.82) is 0 Å². The van der Waals surface area contributed by atoms with Crippen molar-refractivity contribution < 1.29 is 37.6 Å². The van der Waals surface area contributed by atoms with E-state index in [1.807, 2.05) is 0 Å². The Morgan fingerprint density at radius 3 is 2.55 bits per heavy atom. The summed E-state index contributed by atoms with van der Waals surface area (Å²) in [6, 6.07) is -0.255. The van der Waals surface area contributed by atoms with Crippen LogP contribution in [0.2, 0.25) is 0 Å². The lowest BCUT2D eigenvalue weighted by Gasteiger charge is -2.35. The van der Waals surface area contributed by atoms with Crippen LogP contribution in [0.4, 0.5) is 18.4 Å². The molecule has 1 aromatic rings. The van der Waals surface area contributed by atoms with Crippen molar-refractivity contribution in [1.82, 2.24) is 10.2 Å². The Balaban J connectivity index is 1.62. The molecule has 0 bridgehead atoms. The van der Waals surface area contributed by atoms with E-state index in [-0.39, 0.29) is 54.0 Å². The summed E-state index contributed by atoms with van der Waals surface area (Å²) in [6.45, 7) is -0.228. The van der Waals surface area contributed by atoms with Crippen molar-refractivity contribution in [2.75, 3.05) is 6.61 Å². The fraction of sp³-hybridized carbons (Fsp3) is 0.421. The van der Waals surface area contributed by atoms with Gasteiger partial charge in [0.05, 0.1) is 11.3 Å². The van der Waals surface area contributed by atoms with Crippen LogP contribution in [0.15, 0.2) is 29.5 Å². The molecule has 1 aliphatic carbocycles. The van der Waals surface area contributed by atoms with Crippen LogP contribution in [-0.4, -0.2) is 46.7 Å². The first-order chi connectivity index (χ1) is 14.8. The number of esters is 1. The van der Waals surface area contributed by atoms with E-state index < -0.39 is 47.9 Å². The highest BCUT2D eigenvalue weighted by Gasteiger charge is 2.47. The summed E-state index contributed by atoms with van der Waals surface area (Å²) in [5, 5.41) is 13.3. The number of rotatable bonds is 3. The molecule has 2 heterocycles. The summed E-state index contributed by atoms with van der Waals surface area (Å²) in [5.41, 5.74) is 0.0222. The number of halogens is 2. The lowest BCUT2D eigenvalue weighted by molar-refractivity contribution is -0.527. The number of urea groups is 1. The molecule has 1 N–H and O–H groups in total. The van der Waals surface area contributed by atoms with Crippen LogP contribution in [0.1, 0.15) is 37.3 Å². The van der Waals surface area contributed by atoms with E-state index in [1.165, 1.54) is 0 Å². The van der Waals surface area contributed by atoms with Crippen LogP contribution in [0.25, 0.3) is 0 Å². The summed E-state index contributed by atoms with van der Waals surface area (Å²) in [4.78, 5) is 48.9. The quantitative estimate of drug-likeness (QED) is 0.437. The van der Waals surface area contributed by atoms with Crippen molar-refractivity contribution in [2.24, 2.45) is 0 Å². The zero-order valence-corrected chi connectivity index (χ0v) is 16.0. The number of amides is 3. The summed E-state index contributed by atoms with van der Waals surface area (Å²) < 4.78 is 37.6. The third-order valence-electron chi connectivity index (χ3n) is 5.57. The minimum Gasteiger partial charge on any atom is -0.456 e. The van der Waals surface area contributed by atoms with Gasteiger partial charge in [0.15, 0.2) is 11.6 Å². The van der Waals surface area contributed by atoms with Gasteiger partial charge in [-0.25, -0.2) is 28.1 Å². The van der Waals surface area contributed by atoms with Gasteiger partial charge in [-0.2, -0.15) is 0 Å². The van der Waals surface area contributed by atoms with Gasteiger partial charge in [0.1, 0.15) is 18.8 Å². The Labute approximate surface area is 173 Å². The molecule has 3 amide bonds. The number of carbonyl (C=O) groups excluding carboxylic acids is 3. The Morgan fingerprint density at radius 1 is 1.19 bits per heavy atom. The monoisotopic (exact) mass is 437 g/mol. The molecular formula is C19H17F2N3O7. The second kappa shape index (κ2) is 7.93. The number of nitro groups is 1. The molecule has 1 unspecified atom stereocenters. The first-order valence-corrected chi connectivity index (χ1v) is 9.55. The average Bonchev–Trinajstić information content (AvgIpc) is 3.09. The Hall–Kier alpha value is -3.57. The van der Waals surface area contributed by atoms with E-state index in [0.717, 1.165) is 18.2 Å². The summed E-state index contributed by atoms with van der Waals surface area (Å²) in [5.74, 6) is -3.17. The molecule has 4 rings (SSSR count). The Bertz CT molecular complexity index is 1000. The van der Waals surface area contributed by atoms with Crippen molar-refractivity contribution >= 4 is 18.1 Å². The number of hydrogen-bond donors (Lipinski definition) is 1. The van der Waals surface area contributed by atoms with E-state index in [1.54, 1.807) is 0 Å². The molecule has 0 radical (unpaired) electrons. The highest BCUT2D eigenvalue weighted by atomic mass is 19.2. The minimum atomic E-state index is -1.38. The van der Waals surface area contributed by atoms with Gasteiger partial charge in [0.25, 0.3) is 0 Å². The van der Waals surface area contributed by atoms with E-state index in [0.29, 0.717) is 4.90 Å². The third-order valence-corrected chi connectivity index (χ3v) is 5.57. The fourth-order valence-corrected chi connectivity index (χ4v) is 3.99. The minimum absolute atomic E-state index is 0.0193. The molecule has 0 aromatic heterocycles. The second-order valence-corrected chi connectivity index (χ2v) is 7.44. The van der Waals surface area contributed by atoms with E-state index in [2.05, 4.69) is 5.32 Å². The second-order valence-electron chi connectivity index (χ2n) is 7.44. The summed E-state index contributed by atoms with van der Waals surface area (Å²) >= 11 is 0. The van der Waals surface area contributed by atoms with Gasteiger partial charge in [-0.05, 0) is 30.5 Å². The molecule has 164 valence electrons. The molecule has 1 aromatic carbocycles. The number of carbonyl (C=O) groups is 3. The third kappa shape index (κ3) is 3.80. The largest absolute Gasteiger partial charge is 0.456 e. The lowest BCUT2D eigenvalue weighted by atomic mass is 9.93. The first-order valence-electron chi connectivity index (χ1n) is 9.55. The van der Waals surface area contributed by atoms with Crippen molar-refractivity contribution in [3.8, 4) is 0 Å². The average molecular weight is 437 g/mol. The van der Waals surface area contributed by atoms with Gasteiger partial charge in [-0.1, -0.05) is 6.07 Å². The van der Waals surface area contributed by atoms with Crippen LogP contribution in [0.5, 0.6) is 0 Å². The number of imide groups is 1. The predicted octanol–water partition coefficient (Wildman–Crippen LogP) is 2.57. The van der Waals surface area contributed by atoms with Crippen LogP contribution in [0.3, 0.4) is 0 Å². The molecule has 31 heavy (non-hydrogen) atoms. The standard InChI is InChI=1S/C19H17F2N3O7/c20-12-6-1-9(7-13(12)21)16-15-14(8-30-17(15)25)22-18(26)23(16)19(27)31-11-4-2-10(3-5-11)24(28)29/h1,6-7,10-11,16H,2-5,8H2,(H,22,26). The molecule has 10 nitrogen and oxygen atoms in total. The van der Waals surface area contributed by atoms with Crippen molar-refractivity contribution in [3.05, 3.63) is 56.8 Å². The van der Waals surface area contributed by atoms with Crippen LogP contribution in [0, 0.1) is 21.7 Å². The van der Waals surface area contributed by atoms with Gasteiger partial charge in [0, 0.05) is 17.8 Å². The molecule has 12 heteroatoms. The SMILES string of the molecule is O=C1OCC2=C1C(c1ccc(F)c(F)c1)N(C(=O)OC1CCC([N+](=O)[O-])CC1)C(=O)N2. The molecule has 1 fully saturated rings. The van der Waals surface area contributed by atoms with Gasteiger partial charge in [-0.15, -0.1) is 0 Å². The van der Waals surface area contributed by atoms with E-state index in [4.69, 9.17) is 9.47 Å². The number of nitrogens with one attached hydrogen (secondary N) is 1. The maximum atomic E-state index is 13.9. The smallest absolute Gasteiger partial charge is 0.419 e.